The monoisotopic (exact) mass is 283 g/mol. The molecule has 1 aromatic carbocycles. The summed E-state index contributed by atoms with van der Waals surface area (Å²) in [5.74, 6) is 0.127. The molecule has 1 saturated heterocycles. The Morgan fingerprint density at radius 3 is 2.94 bits per heavy atom. The van der Waals surface area contributed by atoms with E-state index in [1.807, 2.05) is 18.2 Å². The number of hydrogen-bond donors (Lipinski definition) is 3. The molecule has 1 aliphatic rings. The molecule has 0 aliphatic carbocycles. The van der Waals surface area contributed by atoms with Gasteiger partial charge in [-0.05, 0) is 24.6 Å². The lowest BCUT2D eigenvalue weighted by Gasteiger charge is -2.25. The fourth-order valence-electron chi connectivity index (χ4n) is 1.74. The van der Waals surface area contributed by atoms with Crippen molar-refractivity contribution in [2.45, 2.75) is 18.9 Å². The van der Waals surface area contributed by atoms with Gasteiger partial charge in [0.15, 0.2) is 0 Å². The summed E-state index contributed by atoms with van der Waals surface area (Å²) in [5, 5.41) is 6.17. The molecule has 1 aromatic rings. The summed E-state index contributed by atoms with van der Waals surface area (Å²) in [7, 11) is 0. The molecule has 1 fully saturated rings. The van der Waals surface area contributed by atoms with Gasteiger partial charge in [-0.3, -0.25) is 4.79 Å². The van der Waals surface area contributed by atoms with E-state index in [-0.39, 0.29) is 11.9 Å². The molecule has 16 heavy (non-hydrogen) atoms. The van der Waals surface area contributed by atoms with Gasteiger partial charge in [0.1, 0.15) is 0 Å². The van der Waals surface area contributed by atoms with Crippen LogP contribution in [0.4, 0.5) is 11.4 Å². The zero-order chi connectivity index (χ0) is 11.5. The van der Waals surface area contributed by atoms with Crippen LogP contribution < -0.4 is 16.4 Å². The van der Waals surface area contributed by atoms with Crippen LogP contribution in [0.5, 0.6) is 0 Å². The smallest absolute Gasteiger partial charge is 0.220 e. The molecule has 1 unspecified atom stereocenters. The van der Waals surface area contributed by atoms with E-state index in [9.17, 15) is 4.79 Å². The van der Waals surface area contributed by atoms with Crippen molar-refractivity contribution in [1.29, 1.82) is 0 Å². The summed E-state index contributed by atoms with van der Waals surface area (Å²) in [6, 6.07) is 6.01. The lowest BCUT2D eigenvalue weighted by atomic mass is 10.1. The average Bonchev–Trinajstić information content (AvgIpc) is 2.25. The van der Waals surface area contributed by atoms with E-state index in [1.165, 1.54) is 0 Å². The lowest BCUT2D eigenvalue weighted by molar-refractivity contribution is -0.122. The maximum atomic E-state index is 11.0. The Labute approximate surface area is 103 Å². The minimum absolute atomic E-state index is 0.127. The molecule has 4 N–H and O–H groups in total. The summed E-state index contributed by atoms with van der Waals surface area (Å²) in [6.45, 7) is 0.661. The maximum absolute atomic E-state index is 11.0. The number of benzene rings is 1. The molecule has 2 rings (SSSR count). The summed E-state index contributed by atoms with van der Waals surface area (Å²) in [5.41, 5.74) is 7.52. The van der Waals surface area contributed by atoms with Gasteiger partial charge >= 0.3 is 0 Å². The van der Waals surface area contributed by atoms with E-state index in [1.54, 1.807) is 0 Å². The van der Waals surface area contributed by atoms with Crippen LogP contribution in [-0.4, -0.2) is 18.5 Å². The van der Waals surface area contributed by atoms with Crippen molar-refractivity contribution in [2.24, 2.45) is 0 Å². The van der Waals surface area contributed by atoms with Crippen molar-refractivity contribution in [3.05, 3.63) is 22.7 Å². The minimum Gasteiger partial charge on any atom is -0.397 e. The molecule has 0 saturated carbocycles. The van der Waals surface area contributed by atoms with Crippen molar-refractivity contribution >= 4 is 33.2 Å². The summed E-state index contributed by atoms with van der Waals surface area (Å²) in [6.07, 6.45) is 1.43. The molecule has 1 amide bonds. The summed E-state index contributed by atoms with van der Waals surface area (Å²) in [4.78, 5) is 11.0. The summed E-state index contributed by atoms with van der Waals surface area (Å²) >= 11 is 3.36. The second-order valence-corrected chi connectivity index (χ2v) is 4.83. The van der Waals surface area contributed by atoms with Crippen LogP contribution in [0, 0.1) is 0 Å². The van der Waals surface area contributed by atoms with Crippen LogP contribution in [0.1, 0.15) is 12.8 Å². The highest BCUT2D eigenvalue weighted by molar-refractivity contribution is 9.10. The Balaban J connectivity index is 2.01. The average molecular weight is 284 g/mol. The third-order valence-electron chi connectivity index (χ3n) is 2.64. The number of rotatable bonds is 2. The van der Waals surface area contributed by atoms with Crippen LogP contribution in [-0.2, 0) is 4.79 Å². The number of nitrogen functional groups attached to an aromatic ring is 1. The molecule has 1 atom stereocenters. The number of nitrogens with two attached hydrogens (primary N) is 1. The highest BCUT2D eigenvalue weighted by Crippen LogP contribution is 2.24. The van der Waals surface area contributed by atoms with Crippen molar-refractivity contribution in [3.8, 4) is 0 Å². The number of hydrogen-bond acceptors (Lipinski definition) is 3. The number of halogens is 1. The van der Waals surface area contributed by atoms with E-state index in [4.69, 9.17) is 5.73 Å². The Morgan fingerprint density at radius 2 is 2.31 bits per heavy atom. The molecular formula is C11H14BrN3O. The Kier molecular flexibility index (Phi) is 3.33. The highest BCUT2D eigenvalue weighted by Gasteiger charge is 2.18. The minimum atomic E-state index is 0.127. The highest BCUT2D eigenvalue weighted by atomic mass is 79.9. The van der Waals surface area contributed by atoms with Crippen LogP contribution in [0.3, 0.4) is 0 Å². The molecule has 1 aliphatic heterocycles. The Bertz CT molecular complexity index is 398. The molecule has 86 valence electrons. The van der Waals surface area contributed by atoms with Gasteiger partial charge < -0.3 is 16.4 Å². The number of nitrogens with one attached hydrogen (secondary N) is 2. The molecule has 0 radical (unpaired) electrons. The Morgan fingerprint density at radius 1 is 1.50 bits per heavy atom. The van der Waals surface area contributed by atoms with Gasteiger partial charge in [-0.2, -0.15) is 0 Å². The van der Waals surface area contributed by atoms with E-state index < -0.39 is 0 Å². The third-order valence-corrected chi connectivity index (χ3v) is 3.13. The van der Waals surface area contributed by atoms with Crippen molar-refractivity contribution < 1.29 is 4.79 Å². The van der Waals surface area contributed by atoms with Crippen molar-refractivity contribution in [3.63, 3.8) is 0 Å². The first-order valence-electron chi connectivity index (χ1n) is 5.23. The summed E-state index contributed by atoms with van der Waals surface area (Å²) < 4.78 is 0.965. The number of amides is 1. The molecule has 0 aromatic heterocycles. The van der Waals surface area contributed by atoms with Crippen LogP contribution >= 0.6 is 15.9 Å². The van der Waals surface area contributed by atoms with Gasteiger partial charge in [0.25, 0.3) is 0 Å². The van der Waals surface area contributed by atoms with Crippen molar-refractivity contribution in [1.82, 2.24) is 5.32 Å². The number of carbonyl (C=O) groups excluding carboxylic acids is 1. The predicted octanol–water partition coefficient (Wildman–Crippen LogP) is 1.72. The molecule has 4 nitrogen and oxygen atoms in total. The molecular weight excluding hydrogens is 270 g/mol. The molecule has 0 bridgehead atoms. The zero-order valence-electron chi connectivity index (χ0n) is 8.79. The SMILES string of the molecule is Nc1cc(Br)ccc1NC1CCC(=O)NC1. The number of carbonyl (C=O) groups is 1. The van der Waals surface area contributed by atoms with Crippen LogP contribution in [0.2, 0.25) is 0 Å². The first-order chi connectivity index (χ1) is 7.65. The first kappa shape index (κ1) is 11.3. The predicted molar refractivity (Wildman–Crippen MR) is 68.2 cm³/mol. The fourth-order valence-corrected chi connectivity index (χ4v) is 2.12. The standard InChI is InChI=1S/C11H14BrN3O/c12-7-1-3-10(9(13)5-7)15-8-2-4-11(16)14-6-8/h1,3,5,8,15H,2,4,6,13H2,(H,14,16). The fraction of sp³-hybridized carbons (Fsp3) is 0.364. The van der Waals surface area contributed by atoms with E-state index in [0.717, 1.165) is 16.6 Å². The number of anilines is 2. The third kappa shape index (κ3) is 2.66. The van der Waals surface area contributed by atoms with E-state index in [2.05, 4.69) is 26.6 Å². The topological polar surface area (TPSA) is 67.1 Å². The van der Waals surface area contributed by atoms with E-state index >= 15 is 0 Å². The molecule has 0 spiro atoms. The van der Waals surface area contributed by atoms with E-state index in [0.29, 0.717) is 18.7 Å². The van der Waals surface area contributed by atoms with Gasteiger partial charge in [-0.15, -0.1) is 0 Å². The zero-order valence-corrected chi connectivity index (χ0v) is 10.4. The van der Waals surface area contributed by atoms with Crippen LogP contribution in [0.25, 0.3) is 0 Å². The molecule has 1 heterocycles. The quantitative estimate of drug-likeness (QED) is 0.724. The molecule has 5 heteroatoms. The second-order valence-electron chi connectivity index (χ2n) is 3.92. The van der Waals surface area contributed by atoms with Gasteiger partial charge in [0.2, 0.25) is 5.91 Å². The first-order valence-corrected chi connectivity index (χ1v) is 6.03. The van der Waals surface area contributed by atoms with Gasteiger partial charge in [-0.1, -0.05) is 15.9 Å². The van der Waals surface area contributed by atoms with Gasteiger partial charge in [-0.25, -0.2) is 0 Å². The Hall–Kier alpha value is -1.23. The maximum Gasteiger partial charge on any atom is 0.220 e. The van der Waals surface area contributed by atoms with Gasteiger partial charge in [0, 0.05) is 23.5 Å². The second kappa shape index (κ2) is 4.74. The van der Waals surface area contributed by atoms with Crippen molar-refractivity contribution in [2.75, 3.05) is 17.6 Å². The van der Waals surface area contributed by atoms with Gasteiger partial charge in [0.05, 0.1) is 11.4 Å². The number of piperidine rings is 1. The van der Waals surface area contributed by atoms with Crippen LogP contribution in [0.15, 0.2) is 22.7 Å². The normalized spacial score (nSPS) is 20.3. The lowest BCUT2D eigenvalue weighted by Crippen LogP contribution is -2.41. The largest absolute Gasteiger partial charge is 0.397 e.